The van der Waals surface area contributed by atoms with Gasteiger partial charge in [0.05, 0.1) is 6.10 Å². The van der Waals surface area contributed by atoms with Crippen molar-refractivity contribution < 1.29 is 9.90 Å². The van der Waals surface area contributed by atoms with Crippen LogP contribution < -0.4 is 5.73 Å². The molecule has 4 nitrogen and oxygen atoms in total. The first-order valence-electron chi connectivity index (χ1n) is 6.31. The Morgan fingerprint density at radius 2 is 2.06 bits per heavy atom. The fourth-order valence-electron chi connectivity index (χ4n) is 2.10. The second-order valence-corrected chi connectivity index (χ2v) is 5.16. The van der Waals surface area contributed by atoms with Crippen LogP contribution in [0.15, 0.2) is 24.3 Å². The lowest BCUT2D eigenvalue weighted by Gasteiger charge is -2.20. The summed E-state index contributed by atoms with van der Waals surface area (Å²) in [6, 6.07) is 7.28. The van der Waals surface area contributed by atoms with E-state index in [1.165, 1.54) is 0 Å². The number of primary amides is 1. The standard InChI is InChI=1S/C14H20N2O2/c1-16(9-13(17)11-6-7-11)8-10-2-4-12(5-3-10)14(15)18/h2-5,11,13,17H,6-9H2,1H3,(H2,15,18). The predicted molar refractivity (Wildman–Crippen MR) is 70.0 cm³/mol. The third-order valence-electron chi connectivity index (χ3n) is 3.36. The van der Waals surface area contributed by atoms with Crippen LogP contribution in [-0.4, -0.2) is 35.6 Å². The Morgan fingerprint density at radius 3 is 2.56 bits per heavy atom. The summed E-state index contributed by atoms with van der Waals surface area (Å²) >= 11 is 0. The fraction of sp³-hybridized carbons (Fsp3) is 0.500. The summed E-state index contributed by atoms with van der Waals surface area (Å²) in [5, 5.41) is 9.85. The van der Waals surface area contributed by atoms with Gasteiger partial charge in [0, 0.05) is 18.7 Å². The first-order chi connectivity index (χ1) is 8.56. The average Bonchev–Trinajstić information content (AvgIpc) is 3.13. The van der Waals surface area contributed by atoms with Crippen LogP contribution in [-0.2, 0) is 6.54 Å². The molecule has 1 fully saturated rings. The molecule has 1 amide bonds. The molecule has 0 aromatic heterocycles. The maximum atomic E-state index is 10.9. The molecule has 2 rings (SSSR count). The van der Waals surface area contributed by atoms with E-state index in [4.69, 9.17) is 5.73 Å². The molecule has 0 heterocycles. The second-order valence-electron chi connectivity index (χ2n) is 5.16. The Kier molecular flexibility index (Phi) is 3.99. The Morgan fingerprint density at radius 1 is 1.44 bits per heavy atom. The number of nitrogens with two attached hydrogens (primary N) is 1. The molecule has 3 N–H and O–H groups in total. The third-order valence-corrected chi connectivity index (χ3v) is 3.36. The highest BCUT2D eigenvalue weighted by molar-refractivity contribution is 5.92. The molecule has 18 heavy (non-hydrogen) atoms. The van der Waals surface area contributed by atoms with Gasteiger partial charge in [-0.1, -0.05) is 12.1 Å². The van der Waals surface area contributed by atoms with Gasteiger partial charge in [0.25, 0.3) is 0 Å². The van der Waals surface area contributed by atoms with Crippen LogP contribution in [0.4, 0.5) is 0 Å². The number of aliphatic hydroxyl groups excluding tert-OH is 1. The number of hydrogen-bond acceptors (Lipinski definition) is 3. The van der Waals surface area contributed by atoms with Gasteiger partial charge in [0.2, 0.25) is 5.91 Å². The summed E-state index contributed by atoms with van der Waals surface area (Å²) in [7, 11) is 1.99. The van der Waals surface area contributed by atoms with Crippen molar-refractivity contribution in [2.75, 3.05) is 13.6 Å². The maximum Gasteiger partial charge on any atom is 0.248 e. The average molecular weight is 248 g/mol. The van der Waals surface area contributed by atoms with E-state index < -0.39 is 5.91 Å². The van der Waals surface area contributed by atoms with Gasteiger partial charge in [-0.05, 0) is 43.5 Å². The summed E-state index contributed by atoms with van der Waals surface area (Å²) in [6.45, 7) is 1.46. The van der Waals surface area contributed by atoms with E-state index in [-0.39, 0.29) is 6.10 Å². The smallest absolute Gasteiger partial charge is 0.248 e. The van der Waals surface area contributed by atoms with Gasteiger partial charge in [-0.15, -0.1) is 0 Å². The van der Waals surface area contributed by atoms with E-state index >= 15 is 0 Å². The van der Waals surface area contributed by atoms with Crippen LogP contribution in [0.25, 0.3) is 0 Å². The molecule has 0 radical (unpaired) electrons. The summed E-state index contributed by atoms with van der Waals surface area (Å²) in [5.74, 6) is 0.101. The van der Waals surface area contributed by atoms with Crippen molar-refractivity contribution in [2.24, 2.45) is 11.7 Å². The zero-order chi connectivity index (χ0) is 13.1. The van der Waals surface area contributed by atoms with Crippen molar-refractivity contribution in [2.45, 2.75) is 25.5 Å². The molecule has 4 heteroatoms. The zero-order valence-electron chi connectivity index (χ0n) is 10.7. The number of likely N-dealkylation sites (N-methyl/N-ethyl adjacent to an activating group) is 1. The molecule has 1 unspecified atom stereocenters. The van der Waals surface area contributed by atoms with Crippen LogP contribution in [0.2, 0.25) is 0 Å². The van der Waals surface area contributed by atoms with E-state index in [1.807, 2.05) is 19.2 Å². The van der Waals surface area contributed by atoms with Gasteiger partial charge < -0.3 is 10.8 Å². The van der Waals surface area contributed by atoms with Crippen LogP contribution in [0.1, 0.15) is 28.8 Å². The third kappa shape index (κ3) is 3.55. The number of rotatable bonds is 6. The lowest BCUT2D eigenvalue weighted by atomic mass is 10.1. The minimum atomic E-state index is -0.404. The highest BCUT2D eigenvalue weighted by atomic mass is 16.3. The van der Waals surface area contributed by atoms with Crippen LogP contribution in [0.5, 0.6) is 0 Å². The molecule has 1 atom stereocenters. The Balaban J connectivity index is 1.85. The summed E-state index contributed by atoms with van der Waals surface area (Å²) in [5.41, 5.74) is 6.83. The highest BCUT2D eigenvalue weighted by Crippen LogP contribution is 2.32. The minimum absolute atomic E-state index is 0.208. The normalized spacial score (nSPS) is 16.8. The van der Waals surface area contributed by atoms with Crippen molar-refractivity contribution >= 4 is 5.91 Å². The lowest BCUT2D eigenvalue weighted by molar-refractivity contribution is 0.100. The molecule has 1 saturated carbocycles. The number of aliphatic hydroxyl groups is 1. The van der Waals surface area contributed by atoms with Gasteiger partial charge in [-0.25, -0.2) is 0 Å². The SMILES string of the molecule is CN(Cc1ccc(C(N)=O)cc1)CC(O)C1CC1. The molecular formula is C14H20N2O2. The van der Waals surface area contributed by atoms with Gasteiger partial charge >= 0.3 is 0 Å². The van der Waals surface area contributed by atoms with E-state index in [2.05, 4.69) is 4.90 Å². The minimum Gasteiger partial charge on any atom is -0.392 e. The van der Waals surface area contributed by atoms with Crippen molar-refractivity contribution in [3.63, 3.8) is 0 Å². The fourth-order valence-corrected chi connectivity index (χ4v) is 2.10. The van der Waals surface area contributed by atoms with Gasteiger partial charge in [0.15, 0.2) is 0 Å². The summed E-state index contributed by atoms with van der Waals surface area (Å²) < 4.78 is 0. The molecule has 0 saturated heterocycles. The van der Waals surface area contributed by atoms with Crippen molar-refractivity contribution in [3.8, 4) is 0 Å². The van der Waals surface area contributed by atoms with Crippen LogP contribution >= 0.6 is 0 Å². The lowest BCUT2D eigenvalue weighted by Crippen LogP contribution is -2.30. The van der Waals surface area contributed by atoms with E-state index in [1.54, 1.807) is 12.1 Å². The number of hydrogen-bond donors (Lipinski definition) is 2. The predicted octanol–water partition coefficient (Wildman–Crippen LogP) is 0.988. The number of nitrogens with zero attached hydrogens (tertiary/aromatic N) is 1. The Labute approximate surface area is 107 Å². The molecule has 1 aromatic rings. The van der Waals surface area contributed by atoms with Gasteiger partial charge in [-0.3, -0.25) is 9.69 Å². The van der Waals surface area contributed by atoms with Crippen LogP contribution in [0, 0.1) is 5.92 Å². The van der Waals surface area contributed by atoms with Crippen molar-refractivity contribution in [1.82, 2.24) is 4.90 Å². The molecule has 1 aliphatic carbocycles. The van der Waals surface area contributed by atoms with Gasteiger partial charge in [-0.2, -0.15) is 0 Å². The van der Waals surface area contributed by atoms with Gasteiger partial charge in [0.1, 0.15) is 0 Å². The first kappa shape index (κ1) is 13.1. The molecule has 1 aliphatic rings. The van der Waals surface area contributed by atoms with E-state index in [0.29, 0.717) is 18.0 Å². The van der Waals surface area contributed by atoms with Crippen molar-refractivity contribution in [3.05, 3.63) is 35.4 Å². The molecule has 98 valence electrons. The quantitative estimate of drug-likeness (QED) is 0.789. The Hall–Kier alpha value is -1.39. The summed E-state index contributed by atoms with van der Waals surface area (Å²) in [4.78, 5) is 13.0. The van der Waals surface area contributed by atoms with Crippen molar-refractivity contribution in [1.29, 1.82) is 0 Å². The number of benzene rings is 1. The number of carbonyl (C=O) groups is 1. The van der Waals surface area contributed by atoms with E-state index in [9.17, 15) is 9.90 Å². The van der Waals surface area contributed by atoms with Crippen LogP contribution in [0.3, 0.4) is 0 Å². The number of carbonyl (C=O) groups excluding carboxylic acids is 1. The molecule has 1 aromatic carbocycles. The number of amides is 1. The molecular weight excluding hydrogens is 228 g/mol. The molecule has 0 aliphatic heterocycles. The maximum absolute atomic E-state index is 10.9. The molecule has 0 spiro atoms. The second kappa shape index (κ2) is 5.50. The first-order valence-corrected chi connectivity index (χ1v) is 6.31. The summed E-state index contributed by atoms with van der Waals surface area (Å²) in [6.07, 6.45) is 2.10. The molecule has 0 bridgehead atoms. The topological polar surface area (TPSA) is 66.6 Å². The monoisotopic (exact) mass is 248 g/mol. The van der Waals surface area contributed by atoms with E-state index in [0.717, 1.165) is 24.9 Å². The zero-order valence-corrected chi connectivity index (χ0v) is 10.7. The highest BCUT2D eigenvalue weighted by Gasteiger charge is 2.30. The Bertz CT molecular complexity index is 412. The largest absolute Gasteiger partial charge is 0.392 e.